The van der Waals surface area contributed by atoms with Crippen LogP contribution < -0.4 is 5.32 Å². The molecule has 0 radical (unpaired) electrons. The highest BCUT2D eigenvalue weighted by atomic mass is 16.3. The maximum absolute atomic E-state index is 10.3. The van der Waals surface area contributed by atoms with E-state index >= 15 is 0 Å². The lowest BCUT2D eigenvalue weighted by Crippen LogP contribution is -2.35. The van der Waals surface area contributed by atoms with Crippen LogP contribution in [-0.4, -0.2) is 35.2 Å². The molecule has 21 heavy (non-hydrogen) atoms. The fraction of sp³-hybridized carbons (Fsp3) is 0.667. The molecule has 3 nitrogen and oxygen atoms in total. The van der Waals surface area contributed by atoms with Crippen molar-refractivity contribution in [3.05, 3.63) is 28.8 Å². The van der Waals surface area contributed by atoms with Gasteiger partial charge in [0, 0.05) is 36.8 Å². The van der Waals surface area contributed by atoms with Crippen LogP contribution in [0.15, 0.2) is 12.1 Å². The molecule has 0 spiro atoms. The predicted molar refractivity (Wildman–Crippen MR) is 84.8 cm³/mol. The quantitative estimate of drug-likeness (QED) is 0.896. The van der Waals surface area contributed by atoms with Crippen LogP contribution in [0.2, 0.25) is 0 Å². The lowest BCUT2D eigenvalue weighted by Gasteiger charge is -2.21. The number of nitrogens with zero attached hydrogens (tertiary/aromatic N) is 1. The normalized spacial score (nSPS) is 32.6. The standard InChI is InChI=1S/C18H26N2O/c1-11-3-6-16(21)18-15(9-12(2)17(11)18)19-13-7-8-20(10-13)14-4-5-14/h3,6,12-15,19,21H,4-5,7-10H2,1-2H3. The van der Waals surface area contributed by atoms with Crippen molar-refractivity contribution in [3.63, 3.8) is 0 Å². The third kappa shape index (κ3) is 2.36. The van der Waals surface area contributed by atoms with Crippen molar-refractivity contribution < 1.29 is 5.11 Å². The Labute approximate surface area is 127 Å². The number of aryl methyl sites for hydroxylation is 1. The highest BCUT2D eigenvalue weighted by molar-refractivity contribution is 5.51. The number of phenols is 1. The fourth-order valence-corrected chi connectivity index (χ4v) is 4.47. The van der Waals surface area contributed by atoms with Crippen molar-refractivity contribution in [3.8, 4) is 5.75 Å². The SMILES string of the molecule is Cc1ccc(O)c2c1C(C)CC2NC1CCN(C2CC2)C1. The van der Waals surface area contributed by atoms with E-state index in [1.807, 2.05) is 6.07 Å². The minimum absolute atomic E-state index is 0.332. The Morgan fingerprint density at radius 2 is 2.00 bits per heavy atom. The van der Waals surface area contributed by atoms with Crippen molar-refractivity contribution in [2.45, 2.75) is 63.6 Å². The van der Waals surface area contributed by atoms with Crippen LogP contribution in [-0.2, 0) is 0 Å². The van der Waals surface area contributed by atoms with E-state index in [2.05, 4.69) is 30.1 Å². The minimum Gasteiger partial charge on any atom is -0.508 e. The number of likely N-dealkylation sites (tertiary alicyclic amines) is 1. The number of hydrogen-bond acceptors (Lipinski definition) is 3. The van der Waals surface area contributed by atoms with Crippen LogP contribution in [0.25, 0.3) is 0 Å². The Hall–Kier alpha value is -1.06. The van der Waals surface area contributed by atoms with Crippen LogP contribution in [0.3, 0.4) is 0 Å². The molecule has 0 amide bonds. The Kier molecular flexibility index (Phi) is 3.23. The van der Waals surface area contributed by atoms with E-state index in [0.29, 0.717) is 23.8 Å². The Balaban J connectivity index is 1.52. The van der Waals surface area contributed by atoms with Gasteiger partial charge < -0.3 is 10.4 Å². The molecule has 1 aromatic carbocycles. The molecule has 114 valence electrons. The van der Waals surface area contributed by atoms with E-state index < -0.39 is 0 Å². The zero-order chi connectivity index (χ0) is 14.6. The molecule has 2 N–H and O–H groups in total. The summed E-state index contributed by atoms with van der Waals surface area (Å²) in [4.78, 5) is 2.65. The first-order valence-corrected chi connectivity index (χ1v) is 8.46. The average Bonchev–Trinajstić information content (AvgIpc) is 3.11. The van der Waals surface area contributed by atoms with Gasteiger partial charge in [-0.05, 0) is 55.7 Å². The van der Waals surface area contributed by atoms with E-state index in [9.17, 15) is 5.11 Å². The summed E-state index contributed by atoms with van der Waals surface area (Å²) >= 11 is 0. The van der Waals surface area contributed by atoms with E-state index in [1.165, 1.54) is 49.0 Å². The molecule has 1 heterocycles. The van der Waals surface area contributed by atoms with Gasteiger partial charge in [-0.15, -0.1) is 0 Å². The van der Waals surface area contributed by atoms with Gasteiger partial charge in [0.05, 0.1) is 0 Å². The van der Waals surface area contributed by atoms with Crippen molar-refractivity contribution in [2.75, 3.05) is 13.1 Å². The van der Waals surface area contributed by atoms with Gasteiger partial charge in [0.25, 0.3) is 0 Å². The van der Waals surface area contributed by atoms with Crippen LogP contribution >= 0.6 is 0 Å². The van der Waals surface area contributed by atoms with E-state index in [1.54, 1.807) is 0 Å². The number of nitrogens with one attached hydrogen (secondary N) is 1. The first-order valence-electron chi connectivity index (χ1n) is 8.46. The largest absolute Gasteiger partial charge is 0.508 e. The average molecular weight is 286 g/mol. The molecule has 3 aliphatic rings. The zero-order valence-corrected chi connectivity index (χ0v) is 13.1. The second-order valence-electron chi connectivity index (χ2n) is 7.30. The summed E-state index contributed by atoms with van der Waals surface area (Å²) in [5.74, 6) is 1.03. The Bertz CT molecular complexity index is 552. The van der Waals surface area contributed by atoms with Gasteiger partial charge >= 0.3 is 0 Å². The van der Waals surface area contributed by atoms with Gasteiger partial charge in [-0.3, -0.25) is 4.90 Å². The van der Waals surface area contributed by atoms with Crippen molar-refractivity contribution in [2.24, 2.45) is 0 Å². The smallest absolute Gasteiger partial charge is 0.120 e. The third-order valence-corrected chi connectivity index (χ3v) is 5.63. The molecule has 2 fully saturated rings. The summed E-state index contributed by atoms with van der Waals surface area (Å²) in [5.41, 5.74) is 3.88. The molecule has 2 aliphatic carbocycles. The molecule has 1 aliphatic heterocycles. The van der Waals surface area contributed by atoms with E-state index in [4.69, 9.17) is 0 Å². The summed E-state index contributed by atoms with van der Waals surface area (Å²) in [6, 6.07) is 5.72. The molecule has 1 aromatic rings. The molecule has 0 aromatic heterocycles. The topological polar surface area (TPSA) is 35.5 Å². The fourth-order valence-electron chi connectivity index (χ4n) is 4.47. The molecule has 1 saturated carbocycles. The second-order valence-corrected chi connectivity index (χ2v) is 7.30. The number of phenolic OH excluding ortho intramolecular Hbond substituents is 1. The summed E-state index contributed by atoms with van der Waals surface area (Å²) in [5, 5.41) is 14.2. The summed E-state index contributed by atoms with van der Waals surface area (Å²) in [6.45, 7) is 6.90. The predicted octanol–water partition coefficient (Wildman–Crippen LogP) is 3.08. The molecule has 3 atom stereocenters. The Morgan fingerprint density at radius 3 is 2.76 bits per heavy atom. The van der Waals surface area contributed by atoms with Crippen LogP contribution in [0.4, 0.5) is 0 Å². The van der Waals surface area contributed by atoms with Gasteiger partial charge in [-0.2, -0.15) is 0 Å². The van der Waals surface area contributed by atoms with E-state index in [0.717, 1.165) is 12.5 Å². The molecule has 4 rings (SSSR count). The zero-order valence-electron chi connectivity index (χ0n) is 13.1. The molecular weight excluding hydrogens is 260 g/mol. The minimum atomic E-state index is 0.332. The van der Waals surface area contributed by atoms with Crippen LogP contribution in [0.1, 0.15) is 61.3 Å². The number of fused-ring (bicyclic) bond motifs is 1. The maximum Gasteiger partial charge on any atom is 0.120 e. The number of rotatable bonds is 3. The first-order chi connectivity index (χ1) is 10.1. The first kappa shape index (κ1) is 13.6. The third-order valence-electron chi connectivity index (χ3n) is 5.63. The monoisotopic (exact) mass is 286 g/mol. The summed E-state index contributed by atoms with van der Waals surface area (Å²) in [7, 11) is 0. The maximum atomic E-state index is 10.3. The van der Waals surface area contributed by atoms with Gasteiger partial charge in [0.2, 0.25) is 0 Å². The van der Waals surface area contributed by atoms with Gasteiger partial charge in [-0.25, -0.2) is 0 Å². The lowest BCUT2D eigenvalue weighted by molar-refractivity contribution is 0.310. The van der Waals surface area contributed by atoms with Gasteiger partial charge in [0.15, 0.2) is 0 Å². The molecule has 3 unspecified atom stereocenters. The molecule has 3 heteroatoms. The van der Waals surface area contributed by atoms with Crippen molar-refractivity contribution >= 4 is 0 Å². The molecule has 0 bridgehead atoms. The van der Waals surface area contributed by atoms with Gasteiger partial charge in [-0.1, -0.05) is 13.0 Å². The van der Waals surface area contributed by atoms with Crippen molar-refractivity contribution in [1.82, 2.24) is 10.2 Å². The second kappa shape index (κ2) is 4.99. The number of aromatic hydroxyl groups is 1. The summed E-state index contributed by atoms with van der Waals surface area (Å²) < 4.78 is 0. The Morgan fingerprint density at radius 1 is 1.19 bits per heavy atom. The van der Waals surface area contributed by atoms with Crippen LogP contribution in [0, 0.1) is 6.92 Å². The van der Waals surface area contributed by atoms with Crippen molar-refractivity contribution in [1.29, 1.82) is 0 Å². The molecular formula is C18H26N2O. The highest BCUT2D eigenvalue weighted by Crippen LogP contribution is 2.46. The van der Waals surface area contributed by atoms with Crippen LogP contribution in [0.5, 0.6) is 5.75 Å². The lowest BCUT2D eigenvalue weighted by atomic mass is 9.97. The highest BCUT2D eigenvalue weighted by Gasteiger charge is 2.37. The van der Waals surface area contributed by atoms with Gasteiger partial charge in [0.1, 0.15) is 5.75 Å². The number of hydrogen-bond donors (Lipinski definition) is 2. The number of benzene rings is 1. The summed E-state index contributed by atoms with van der Waals surface area (Å²) in [6.07, 6.45) is 5.17. The van der Waals surface area contributed by atoms with E-state index in [-0.39, 0.29) is 0 Å². The molecule has 1 saturated heterocycles.